The van der Waals surface area contributed by atoms with Gasteiger partial charge in [-0.2, -0.15) is 0 Å². The van der Waals surface area contributed by atoms with Gasteiger partial charge in [0, 0.05) is 6.42 Å². The molecule has 23 heavy (non-hydrogen) atoms. The molecule has 0 bridgehead atoms. The molecular formula is C19H20N2O2. The van der Waals surface area contributed by atoms with E-state index in [1.165, 1.54) is 0 Å². The van der Waals surface area contributed by atoms with E-state index in [4.69, 9.17) is 0 Å². The van der Waals surface area contributed by atoms with Crippen molar-refractivity contribution in [2.75, 3.05) is 0 Å². The van der Waals surface area contributed by atoms with E-state index in [-0.39, 0.29) is 18.2 Å². The molecule has 1 atom stereocenters. The van der Waals surface area contributed by atoms with Gasteiger partial charge in [-0.1, -0.05) is 54.6 Å². The summed E-state index contributed by atoms with van der Waals surface area (Å²) < 4.78 is 0. The van der Waals surface area contributed by atoms with Gasteiger partial charge in [-0.25, -0.2) is 0 Å². The molecule has 0 saturated carbocycles. The molecule has 2 aromatic rings. The quantitative estimate of drug-likeness (QED) is 0.674. The zero-order valence-corrected chi connectivity index (χ0v) is 12.9. The van der Waals surface area contributed by atoms with Crippen LogP contribution in [0.1, 0.15) is 24.8 Å². The van der Waals surface area contributed by atoms with Crippen LogP contribution in [0.25, 0.3) is 10.8 Å². The van der Waals surface area contributed by atoms with Gasteiger partial charge in [-0.15, -0.1) is 0 Å². The van der Waals surface area contributed by atoms with E-state index >= 15 is 0 Å². The highest BCUT2D eigenvalue weighted by atomic mass is 16.2. The number of nitrogens with one attached hydrogen (secondary N) is 2. The Balaban J connectivity index is 1.54. The molecule has 118 valence electrons. The van der Waals surface area contributed by atoms with Gasteiger partial charge in [-0.05, 0) is 35.1 Å². The van der Waals surface area contributed by atoms with Crippen LogP contribution < -0.4 is 10.9 Å². The number of carbonyl (C=O) groups excluding carboxylic acids is 2. The molecule has 0 saturated heterocycles. The lowest BCUT2D eigenvalue weighted by molar-refractivity contribution is -0.128. The van der Waals surface area contributed by atoms with Crippen LogP contribution in [0.2, 0.25) is 0 Å². The van der Waals surface area contributed by atoms with Crippen LogP contribution in [0.15, 0.2) is 54.6 Å². The zero-order valence-electron chi connectivity index (χ0n) is 12.9. The Kier molecular flexibility index (Phi) is 4.71. The van der Waals surface area contributed by atoms with Crippen molar-refractivity contribution >= 4 is 22.6 Å². The first-order valence-corrected chi connectivity index (χ1v) is 7.93. The maximum absolute atomic E-state index is 12.1. The molecule has 0 heterocycles. The van der Waals surface area contributed by atoms with Crippen molar-refractivity contribution in [1.29, 1.82) is 0 Å². The summed E-state index contributed by atoms with van der Waals surface area (Å²) in [5, 5.41) is 2.17. The van der Waals surface area contributed by atoms with E-state index in [0.717, 1.165) is 29.2 Å². The predicted molar refractivity (Wildman–Crippen MR) is 90.4 cm³/mol. The number of rotatable bonds is 4. The maximum atomic E-state index is 12.1. The van der Waals surface area contributed by atoms with E-state index < -0.39 is 0 Å². The van der Waals surface area contributed by atoms with Gasteiger partial charge in [0.1, 0.15) is 0 Å². The third-order valence-corrected chi connectivity index (χ3v) is 4.13. The summed E-state index contributed by atoms with van der Waals surface area (Å²) in [5.41, 5.74) is 5.96. The van der Waals surface area contributed by atoms with Gasteiger partial charge in [0.2, 0.25) is 11.8 Å². The highest BCUT2D eigenvalue weighted by Gasteiger charge is 2.14. The first-order chi connectivity index (χ1) is 11.2. The molecular weight excluding hydrogens is 288 g/mol. The molecule has 1 unspecified atom stereocenters. The third kappa shape index (κ3) is 3.97. The van der Waals surface area contributed by atoms with Crippen LogP contribution in [0, 0.1) is 5.92 Å². The second kappa shape index (κ2) is 7.09. The van der Waals surface area contributed by atoms with E-state index in [1.54, 1.807) is 0 Å². The highest BCUT2D eigenvalue weighted by Crippen LogP contribution is 2.20. The van der Waals surface area contributed by atoms with Gasteiger partial charge in [-0.3, -0.25) is 20.4 Å². The molecule has 3 rings (SSSR count). The van der Waals surface area contributed by atoms with Crippen molar-refractivity contribution in [3.8, 4) is 0 Å². The minimum atomic E-state index is -0.211. The van der Waals surface area contributed by atoms with E-state index in [1.807, 2.05) is 42.5 Å². The van der Waals surface area contributed by atoms with Gasteiger partial charge in [0.15, 0.2) is 0 Å². The Labute approximate surface area is 135 Å². The Hall–Kier alpha value is -2.62. The van der Waals surface area contributed by atoms with Gasteiger partial charge >= 0.3 is 0 Å². The number of allylic oxidation sites excluding steroid dienone is 2. The maximum Gasteiger partial charge on any atom is 0.242 e. The van der Waals surface area contributed by atoms with Crippen molar-refractivity contribution in [1.82, 2.24) is 10.9 Å². The summed E-state index contributed by atoms with van der Waals surface area (Å²) in [6.07, 6.45) is 6.87. The monoisotopic (exact) mass is 308 g/mol. The smallest absolute Gasteiger partial charge is 0.242 e. The zero-order chi connectivity index (χ0) is 16.1. The lowest BCUT2D eigenvalue weighted by Gasteiger charge is -2.11. The minimum absolute atomic E-state index is 0.146. The molecule has 2 N–H and O–H groups in total. The van der Waals surface area contributed by atoms with Gasteiger partial charge < -0.3 is 0 Å². The lowest BCUT2D eigenvalue weighted by atomic mass is 10.0. The van der Waals surface area contributed by atoms with Crippen LogP contribution in [-0.4, -0.2) is 11.8 Å². The van der Waals surface area contributed by atoms with E-state index in [9.17, 15) is 9.59 Å². The Bertz CT molecular complexity index is 747. The van der Waals surface area contributed by atoms with Crippen molar-refractivity contribution < 1.29 is 9.59 Å². The summed E-state index contributed by atoms with van der Waals surface area (Å²) in [6.45, 7) is 0. The lowest BCUT2D eigenvalue weighted by Crippen LogP contribution is -2.42. The van der Waals surface area contributed by atoms with E-state index in [0.29, 0.717) is 12.3 Å². The normalized spacial score (nSPS) is 16.4. The summed E-state index contributed by atoms with van der Waals surface area (Å²) >= 11 is 0. The van der Waals surface area contributed by atoms with E-state index in [2.05, 4.69) is 23.0 Å². The number of carbonyl (C=O) groups is 2. The van der Waals surface area contributed by atoms with Crippen LogP contribution >= 0.6 is 0 Å². The second-order valence-electron chi connectivity index (χ2n) is 5.88. The molecule has 0 radical (unpaired) electrons. The molecule has 0 aliphatic heterocycles. The van der Waals surface area contributed by atoms with Crippen LogP contribution in [0.4, 0.5) is 0 Å². The largest absolute Gasteiger partial charge is 0.273 e. The van der Waals surface area contributed by atoms with Crippen molar-refractivity contribution in [3.63, 3.8) is 0 Å². The molecule has 4 nitrogen and oxygen atoms in total. The molecule has 1 aliphatic rings. The van der Waals surface area contributed by atoms with Crippen LogP contribution in [-0.2, 0) is 16.0 Å². The Morgan fingerprint density at radius 2 is 1.78 bits per heavy atom. The topological polar surface area (TPSA) is 58.2 Å². The van der Waals surface area contributed by atoms with Crippen molar-refractivity contribution in [2.24, 2.45) is 5.92 Å². The average molecular weight is 308 g/mol. The predicted octanol–water partition coefficient (Wildman–Crippen LogP) is 2.89. The van der Waals surface area contributed by atoms with Gasteiger partial charge in [0.25, 0.3) is 0 Å². The highest BCUT2D eigenvalue weighted by molar-refractivity contribution is 5.90. The number of benzene rings is 2. The number of amides is 2. The summed E-state index contributed by atoms with van der Waals surface area (Å²) in [7, 11) is 0. The summed E-state index contributed by atoms with van der Waals surface area (Å²) in [5.74, 6) is -0.0607. The second-order valence-corrected chi connectivity index (χ2v) is 5.88. The van der Waals surface area contributed by atoms with Gasteiger partial charge in [0.05, 0.1) is 6.42 Å². The Morgan fingerprint density at radius 3 is 2.61 bits per heavy atom. The SMILES string of the molecule is O=C(Cc1cccc2ccccc12)NNC(=O)CC1C=CCC1. The molecule has 0 aromatic heterocycles. The summed E-state index contributed by atoms with van der Waals surface area (Å²) in [4.78, 5) is 23.9. The number of fused-ring (bicyclic) bond motifs is 1. The molecule has 4 heteroatoms. The Morgan fingerprint density at radius 1 is 1.00 bits per heavy atom. The number of hydrogen-bond acceptors (Lipinski definition) is 2. The number of hydrazine groups is 1. The fourth-order valence-electron chi connectivity index (χ4n) is 2.96. The summed E-state index contributed by atoms with van der Waals surface area (Å²) in [6, 6.07) is 13.9. The molecule has 2 aromatic carbocycles. The molecule has 0 fully saturated rings. The van der Waals surface area contributed by atoms with Crippen LogP contribution in [0.3, 0.4) is 0 Å². The van der Waals surface area contributed by atoms with Crippen molar-refractivity contribution in [3.05, 3.63) is 60.2 Å². The first-order valence-electron chi connectivity index (χ1n) is 7.93. The molecule has 0 spiro atoms. The van der Waals surface area contributed by atoms with Crippen LogP contribution in [0.5, 0.6) is 0 Å². The van der Waals surface area contributed by atoms with Crippen molar-refractivity contribution in [2.45, 2.75) is 25.7 Å². The fourth-order valence-corrected chi connectivity index (χ4v) is 2.96. The first kappa shape index (κ1) is 15.3. The molecule has 1 aliphatic carbocycles. The third-order valence-electron chi connectivity index (χ3n) is 4.13. The fraction of sp³-hybridized carbons (Fsp3) is 0.263. The minimum Gasteiger partial charge on any atom is -0.273 e. The average Bonchev–Trinajstić information content (AvgIpc) is 3.06. The standard InChI is InChI=1S/C19H20N2O2/c22-18(12-14-6-1-2-7-14)20-21-19(23)13-16-10-5-9-15-8-3-4-11-17(15)16/h1,3-6,8-11,14H,2,7,12-13H2,(H,20,22)(H,21,23). The number of hydrogen-bond donors (Lipinski definition) is 2. The molecule has 2 amide bonds.